The van der Waals surface area contributed by atoms with E-state index in [4.69, 9.17) is 18.9 Å². The van der Waals surface area contributed by atoms with Crippen LogP contribution in [0.1, 0.15) is 70.9 Å². The van der Waals surface area contributed by atoms with Crippen LogP contribution < -0.4 is 16.0 Å². The van der Waals surface area contributed by atoms with E-state index in [1.807, 2.05) is 6.92 Å². The number of imidazole rings is 1. The zero-order valence-corrected chi connectivity index (χ0v) is 27.0. The first-order chi connectivity index (χ1) is 21.8. The van der Waals surface area contributed by atoms with Gasteiger partial charge in [-0.25, -0.2) is 4.98 Å². The topological polar surface area (TPSA) is 187 Å². The Balaban J connectivity index is 1.90. The molecular formula is C31H53N5O9. The number of H-pyrrole nitrogens is 1. The number of amides is 2. The number of carbonyl (C=O) groups is 5. The minimum atomic E-state index is -0.366. The van der Waals surface area contributed by atoms with Gasteiger partial charge >= 0.3 is 0 Å². The van der Waals surface area contributed by atoms with Crippen LogP contribution in [0.15, 0.2) is 12.5 Å². The molecule has 1 aromatic heterocycles. The lowest BCUT2D eigenvalue weighted by atomic mass is 10.0. The summed E-state index contributed by atoms with van der Waals surface area (Å²) in [6.45, 7) is 6.24. The molecule has 0 unspecified atom stereocenters. The van der Waals surface area contributed by atoms with Gasteiger partial charge in [0.2, 0.25) is 11.8 Å². The summed E-state index contributed by atoms with van der Waals surface area (Å²) < 4.78 is 21.3. The van der Waals surface area contributed by atoms with Gasteiger partial charge in [-0.1, -0.05) is 19.8 Å². The van der Waals surface area contributed by atoms with Crippen molar-refractivity contribution >= 4 is 29.2 Å². The molecule has 1 aromatic rings. The summed E-state index contributed by atoms with van der Waals surface area (Å²) >= 11 is 0. The molecule has 0 aliphatic heterocycles. The van der Waals surface area contributed by atoms with Gasteiger partial charge in [-0.05, 0) is 32.6 Å². The Labute approximate surface area is 266 Å². The lowest BCUT2D eigenvalue weighted by Gasteiger charge is -2.15. The molecule has 0 saturated heterocycles. The lowest BCUT2D eigenvalue weighted by molar-refractivity contribution is -0.127. The second kappa shape index (κ2) is 27.3. The summed E-state index contributed by atoms with van der Waals surface area (Å²) in [5, 5.41) is 8.50. The number of ketones is 3. The molecule has 2 amide bonds. The molecule has 1 rings (SSSR count). The number of aromatic nitrogens is 2. The maximum atomic E-state index is 12.1. The van der Waals surface area contributed by atoms with Crippen molar-refractivity contribution in [3.63, 3.8) is 0 Å². The smallest absolute Gasteiger partial charge is 0.246 e. The summed E-state index contributed by atoms with van der Waals surface area (Å²) in [7, 11) is 0. The molecule has 0 saturated carbocycles. The third kappa shape index (κ3) is 23.9. The monoisotopic (exact) mass is 639 g/mol. The van der Waals surface area contributed by atoms with Crippen LogP contribution in [0.5, 0.6) is 0 Å². The van der Waals surface area contributed by atoms with Gasteiger partial charge in [0.05, 0.1) is 58.6 Å². The third-order valence-electron chi connectivity index (χ3n) is 6.57. The normalized spacial score (nSPS) is 11.7. The number of aryl methyl sites for hydroxylation is 1. The average molecular weight is 640 g/mol. The SMILES string of the molecule is CCCC(=O)NCCOCCOCC(=O)NCCOCCOCC(=O)CCCCC[C@H](NCC(=O)CCc1cnc[nH]1)C(C)=O. The number of aromatic amines is 1. The summed E-state index contributed by atoms with van der Waals surface area (Å²) in [6.07, 6.45) is 8.88. The zero-order valence-electron chi connectivity index (χ0n) is 27.0. The van der Waals surface area contributed by atoms with Gasteiger partial charge in [0.15, 0.2) is 5.78 Å². The molecule has 14 heteroatoms. The van der Waals surface area contributed by atoms with E-state index in [1.165, 1.54) is 6.92 Å². The molecule has 0 spiro atoms. The molecule has 4 N–H and O–H groups in total. The third-order valence-corrected chi connectivity index (χ3v) is 6.57. The second-order valence-corrected chi connectivity index (χ2v) is 10.6. The molecule has 1 heterocycles. The fourth-order valence-electron chi connectivity index (χ4n) is 4.07. The highest BCUT2D eigenvalue weighted by Gasteiger charge is 2.15. The molecular weight excluding hydrogens is 586 g/mol. The van der Waals surface area contributed by atoms with Crippen LogP contribution in [0, 0.1) is 0 Å². The number of Topliss-reactive ketones (excluding diaryl/α,β-unsaturated/α-hetero) is 3. The first-order valence-electron chi connectivity index (χ1n) is 15.9. The number of nitrogens with one attached hydrogen (secondary N) is 4. The highest BCUT2D eigenvalue weighted by molar-refractivity contribution is 5.84. The Hall–Kier alpha value is -3.04. The van der Waals surface area contributed by atoms with Gasteiger partial charge in [-0.3, -0.25) is 24.0 Å². The van der Waals surface area contributed by atoms with E-state index in [9.17, 15) is 24.0 Å². The van der Waals surface area contributed by atoms with Crippen molar-refractivity contribution in [3.8, 4) is 0 Å². The maximum absolute atomic E-state index is 12.1. The molecule has 256 valence electrons. The van der Waals surface area contributed by atoms with Crippen LogP contribution in [0.3, 0.4) is 0 Å². The predicted octanol–water partition coefficient (Wildman–Crippen LogP) is 1.08. The number of nitrogens with zero attached hydrogens (tertiary/aromatic N) is 1. The Bertz CT molecular complexity index is 959. The van der Waals surface area contributed by atoms with Crippen LogP contribution in [-0.4, -0.2) is 118 Å². The molecule has 0 aliphatic carbocycles. The standard InChI is InChI=1S/C31H53N5O9/c1-3-7-30(40)33-12-14-42-17-19-45-23-31(41)34-13-15-43-16-18-44-22-28(39)8-5-4-6-9-29(25(2)37)35-21-27(38)11-10-26-20-32-24-36-26/h20,24,29,35H,3-19,21-23H2,1-2H3,(H,32,36)(H,33,40)(H,34,41)/t29-/m0/s1. The Morgan fingerprint density at radius 1 is 0.778 bits per heavy atom. The minimum absolute atomic E-state index is 0.000512. The minimum Gasteiger partial charge on any atom is -0.377 e. The number of hydrogen-bond acceptors (Lipinski definition) is 11. The highest BCUT2D eigenvalue weighted by atomic mass is 16.5. The van der Waals surface area contributed by atoms with Crippen molar-refractivity contribution in [3.05, 3.63) is 18.2 Å². The number of ether oxygens (including phenoxy) is 4. The Kier molecular flexibility index (Phi) is 24.2. The number of rotatable bonds is 31. The highest BCUT2D eigenvalue weighted by Crippen LogP contribution is 2.08. The molecule has 0 aromatic carbocycles. The first-order valence-corrected chi connectivity index (χ1v) is 15.9. The second-order valence-electron chi connectivity index (χ2n) is 10.6. The zero-order chi connectivity index (χ0) is 33.0. The van der Waals surface area contributed by atoms with E-state index in [2.05, 4.69) is 25.9 Å². The van der Waals surface area contributed by atoms with Crippen molar-refractivity contribution < 1.29 is 42.9 Å². The summed E-state index contributed by atoms with van der Waals surface area (Å²) in [4.78, 5) is 66.0. The predicted molar refractivity (Wildman–Crippen MR) is 167 cm³/mol. The molecule has 1 atom stereocenters. The van der Waals surface area contributed by atoms with Gasteiger partial charge in [-0.2, -0.15) is 0 Å². The summed E-state index contributed by atoms with van der Waals surface area (Å²) in [6, 6.07) is -0.366. The largest absolute Gasteiger partial charge is 0.377 e. The molecule has 0 fully saturated rings. The van der Waals surface area contributed by atoms with Crippen molar-refractivity contribution in [1.29, 1.82) is 0 Å². The molecule has 45 heavy (non-hydrogen) atoms. The van der Waals surface area contributed by atoms with E-state index >= 15 is 0 Å². The first kappa shape index (κ1) is 40.0. The van der Waals surface area contributed by atoms with E-state index in [-0.39, 0.29) is 68.2 Å². The van der Waals surface area contributed by atoms with Gasteiger partial charge in [0, 0.05) is 44.2 Å². The van der Waals surface area contributed by atoms with Gasteiger partial charge in [-0.15, -0.1) is 0 Å². The average Bonchev–Trinajstić information content (AvgIpc) is 3.54. The Morgan fingerprint density at radius 2 is 1.44 bits per heavy atom. The van der Waals surface area contributed by atoms with Crippen LogP contribution in [0.4, 0.5) is 0 Å². The molecule has 0 aliphatic rings. The number of hydrogen-bond donors (Lipinski definition) is 4. The van der Waals surface area contributed by atoms with Crippen molar-refractivity contribution in [2.75, 3.05) is 72.5 Å². The van der Waals surface area contributed by atoms with Crippen LogP contribution >= 0.6 is 0 Å². The molecule has 0 radical (unpaired) electrons. The lowest BCUT2D eigenvalue weighted by Crippen LogP contribution is -2.38. The van der Waals surface area contributed by atoms with Gasteiger partial charge in [0.1, 0.15) is 24.8 Å². The van der Waals surface area contributed by atoms with Crippen LogP contribution in [0.2, 0.25) is 0 Å². The van der Waals surface area contributed by atoms with Crippen molar-refractivity contribution in [2.45, 2.75) is 77.7 Å². The van der Waals surface area contributed by atoms with Crippen molar-refractivity contribution in [1.82, 2.24) is 25.9 Å². The Morgan fingerprint density at radius 3 is 2.09 bits per heavy atom. The van der Waals surface area contributed by atoms with Crippen LogP contribution in [-0.2, 0) is 49.3 Å². The van der Waals surface area contributed by atoms with E-state index in [0.29, 0.717) is 78.0 Å². The number of carbonyl (C=O) groups excluding carboxylic acids is 5. The fourth-order valence-corrected chi connectivity index (χ4v) is 4.07. The van der Waals surface area contributed by atoms with Gasteiger partial charge < -0.3 is 39.9 Å². The summed E-state index contributed by atoms with van der Waals surface area (Å²) in [5.41, 5.74) is 0.905. The fraction of sp³-hybridized carbons (Fsp3) is 0.742. The van der Waals surface area contributed by atoms with E-state index in [1.54, 1.807) is 12.5 Å². The van der Waals surface area contributed by atoms with Gasteiger partial charge in [0.25, 0.3) is 0 Å². The molecule has 0 bridgehead atoms. The maximum Gasteiger partial charge on any atom is 0.246 e. The van der Waals surface area contributed by atoms with Crippen LogP contribution in [0.25, 0.3) is 0 Å². The van der Waals surface area contributed by atoms with Crippen molar-refractivity contribution in [2.24, 2.45) is 0 Å². The quantitative estimate of drug-likeness (QED) is 0.0852. The molecule has 14 nitrogen and oxygen atoms in total. The number of unbranched alkanes of at least 4 members (excludes halogenated alkanes) is 2. The van der Waals surface area contributed by atoms with E-state index < -0.39 is 0 Å². The van der Waals surface area contributed by atoms with E-state index in [0.717, 1.165) is 25.0 Å². The summed E-state index contributed by atoms with van der Waals surface area (Å²) in [5.74, 6) is -0.194.